The Hall–Kier alpha value is -1.02. The molecular weight excluding hydrogens is 176 g/mol. The van der Waals surface area contributed by atoms with Crippen LogP contribution in [0, 0.1) is 5.92 Å². The fourth-order valence-corrected chi connectivity index (χ4v) is 0.874. The molecule has 0 rings (SSSR count). The van der Waals surface area contributed by atoms with E-state index in [1.165, 1.54) is 0 Å². The van der Waals surface area contributed by atoms with Crippen LogP contribution in [0.15, 0.2) is 36.6 Å². The standard InChI is InChI=1S/C12H20O2/c1-6-7-12(11(4)10(2)3)14-9-8-13-5/h6-7,10H,1,4,8-9H2,2-3,5H3/b12-7+. The molecule has 14 heavy (non-hydrogen) atoms. The van der Waals surface area contributed by atoms with Crippen LogP contribution in [0.3, 0.4) is 0 Å². The number of hydrogen-bond acceptors (Lipinski definition) is 2. The second-order valence-electron chi connectivity index (χ2n) is 3.29. The summed E-state index contributed by atoms with van der Waals surface area (Å²) in [5.41, 5.74) is 0.987. The predicted octanol–water partition coefficient (Wildman–Crippen LogP) is 2.93. The highest BCUT2D eigenvalue weighted by molar-refractivity contribution is 5.27. The summed E-state index contributed by atoms with van der Waals surface area (Å²) >= 11 is 0. The van der Waals surface area contributed by atoms with Crippen LogP contribution in [-0.4, -0.2) is 20.3 Å². The van der Waals surface area contributed by atoms with Gasteiger partial charge in [0.1, 0.15) is 12.4 Å². The average molecular weight is 196 g/mol. The third kappa shape index (κ3) is 4.87. The number of allylic oxidation sites excluding steroid dienone is 3. The summed E-state index contributed by atoms with van der Waals surface area (Å²) in [5.74, 6) is 1.18. The summed E-state index contributed by atoms with van der Waals surface area (Å²) in [6.07, 6.45) is 3.54. The molecule has 0 radical (unpaired) electrons. The van der Waals surface area contributed by atoms with Crippen LogP contribution in [0.1, 0.15) is 13.8 Å². The monoisotopic (exact) mass is 196 g/mol. The molecule has 0 fully saturated rings. The molecule has 80 valence electrons. The lowest BCUT2D eigenvalue weighted by atomic mass is 10.0. The lowest BCUT2D eigenvalue weighted by Gasteiger charge is -2.14. The van der Waals surface area contributed by atoms with Crippen molar-refractivity contribution in [1.29, 1.82) is 0 Å². The Labute approximate surface area is 86.9 Å². The Bertz CT molecular complexity index is 214. The number of methoxy groups -OCH3 is 1. The van der Waals surface area contributed by atoms with Gasteiger partial charge in [0.05, 0.1) is 6.61 Å². The molecule has 2 nitrogen and oxygen atoms in total. The second-order valence-corrected chi connectivity index (χ2v) is 3.29. The van der Waals surface area contributed by atoms with Gasteiger partial charge in [-0.2, -0.15) is 0 Å². The van der Waals surface area contributed by atoms with E-state index in [0.717, 1.165) is 11.3 Å². The van der Waals surface area contributed by atoms with E-state index in [9.17, 15) is 0 Å². The van der Waals surface area contributed by atoms with Crippen molar-refractivity contribution in [2.45, 2.75) is 13.8 Å². The smallest absolute Gasteiger partial charge is 0.122 e. The molecule has 0 aromatic heterocycles. The zero-order valence-corrected chi connectivity index (χ0v) is 9.38. The largest absolute Gasteiger partial charge is 0.491 e. The molecule has 0 saturated heterocycles. The van der Waals surface area contributed by atoms with Crippen LogP contribution < -0.4 is 0 Å². The van der Waals surface area contributed by atoms with Gasteiger partial charge in [-0.15, -0.1) is 0 Å². The molecule has 0 atom stereocenters. The van der Waals surface area contributed by atoms with E-state index in [0.29, 0.717) is 19.1 Å². The molecule has 0 aromatic carbocycles. The van der Waals surface area contributed by atoms with Crippen molar-refractivity contribution in [3.05, 3.63) is 36.6 Å². The van der Waals surface area contributed by atoms with E-state index >= 15 is 0 Å². The van der Waals surface area contributed by atoms with Crippen molar-refractivity contribution in [2.24, 2.45) is 5.92 Å². The zero-order valence-electron chi connectivity index (χ0n) is 9.38. The first-order valence-corrected chi connectivity index (χ1v) is 4.77. The maximum atomic E-state index is 5.51. The van der Waals surface area contributed by atoms with Gasteiger partial charge in [-0.3, -0.25) is 0 Å². The molecule has 0 spiro atoms. The normalized spacial score (nSPS) is 11.6. The van der Waals surface area contributed by atoms with Crippen molar-refractivity contribution in [3.8, 4) is 0 Å². The van der Waals surface area contributed by atoms with E-state index in [-0.39, 0.29) is 0 Å². The Balaban J connectivity index is 4.23. The van der Waals surface area contributed by atoms with Gasteiger partial charge in [0.2, 0.25) is 0 Å². The van der Waals surface area contributed by atoms with Crippen LogP contribution in [0.25, 0.3) is 0 Å². The van der Waals surface area contributed by atoms with Crippen molar-refractivity contribution in [3.63, 3.8) is 0 Å². The van der Waals surface area contributed by atoms with Crippen molar-refractivity contribution in [1.82, 2.24) is 0 Å². The van der Waals surface area contributed by atoms with Gasteiger partial charge in [-0.1, -0.05) is 33.1 Å². The number of hydrogen-bond donors (Lipinski definition) is 0. The van der Waals surface area contributed by atoms with Gasteiger partial charge in [0.15, 0.2) is 0 Å². The fourth-order valence-electron chi connectivity index (χ4n) is 0.874. The summed E-state index contributed by atoms with van der Waals surface area (Å²) in [4.78, 5) is 0. The molecule has 0 aliphatic heterocycles. The second kappa shape index (κ2) is 7.39. The lowest BCUT2D eigenvalue weighted by molar-refractivity contribution is 0.112. The molecular formula is C12H20O2. The Morgan fingerprint density at radius 1 is 1.36 bits per heavy atom. The minimum atomic E-state index is 0.378. The fraction of sp³-hybridized carbons (Fsp3) is 0.500. The molecule has 0 saturated carbocycles. The van der Waals surface area contributed by atoms with Crippen LogP contribution >= 0.6 is 0 Å². The summed E-state index contributed by atoms with van der Waals surface area (Å²) < 4.78 is 10.4. The molecule has 0 amide bonds. The van der Waals surface area contributed by atoms with Gasteiger partial charge >= 0.3 is 0 Å². The summed E-state index contributed by atoms with van der Waals surface area (Å²) in [6, 6.07) is 0. The summed E-state index contributed by atoms with van der Waals surface area (Å²) in [5, 5.41) is 0. The Kier molecular flexibility index (Phi) is 6.85. The topological polar surface area (TPSA) is 18.5 Å². The van der Waals surface area contributed by atoms with Crippen molar-refractivity contribution in [2.75, 3.05) is 20.3 Å². The molecule has 0 heterocycles. The quantitative estimate of drug-likeness (QED) is 0.354. The highest BCUT2D eigenvalue weighted by Gasteiger charge is 2.07. The van der Waals surface area contributed by atoms with Gasteiger partial charge < -0.3 is 9.47 Å². The third-order valence-corrected chi connectivity index (χ3v) is 1.83. The third-order valence-electron chi connectivity index (χ3n) is 1.83. The van der Waals surface area contributed by atoms with Gasteiger partial charge in [-0.25, -0.2) is 0 Å². The van der Waals surface area contributed by atoms with Gasteiger partial charge in [0, 0.05) is 7.11 Å². The van der Waals surface area contributed by atoms with Gasteiger partial charge in [-0.05, 0) is 17.6 Å². The summed E-state index contributed by atoms with van der Waals surface area (Å²) in [7, 11) is 1.65. The van der Waals surface area contributed by atoms with E-state index in [1.54, 1.807) is 13.2 Å². The minimum absolute atomic E-state index is 0.378. The average Bonchev–Trinajstić information content (AvgIpc) is 2.15. The van der Waals surface area contributed by atoms with Gasteiger partial charge in [0.25, 0.3) is 0 Å². The van der Waals surface area contributed by atoms with Crippen LogP contribution in [0.2, 0.25) is 0 Å². The van der Waals surface area contributed by atoms with Crippen molar-refractivity contribution >= 4 is 0 Å². The maximum Gasteiger partial charge on any atom is 0.122 e. The highest BCUT2D eigenvalue weighted by atomic mass is 16.5. The molecule has 2 heteroatoms. The van der Waals surface area contributed by atoms with E-state index in [4.69, 9.17) is 9.47 Å². The molecule has 0 aromatic rings. The van der Waals surface area contributed by atoms with E-state index in [1.807, 2.05) is 6.08 Å². The Morgan fingerprint density at radius 3 is 2.43 bits per heavy atom. The maximum absolute atomic E-state index is 5.51. The van der Waals surface area contributed by atoms with Crippen LogP contribution in [-0.2, 0) is 9.47 Å². The molecule has 0 bridgehead atoms. The molecule has 0 unspecified atom stereocenters. The summed E-state index contributed by atoms with van der Waals surface area (Å²) in [6.45, 7) is 12.9. The number of ether oxygens (including phenoxy) is 2. The lowest BCUT2D eigenvalue weighted by Crippen LogP contribution is -2.06. The highest BCUT2D eigenvalue weighted by Crippen LogP contribution is 2.18. The predicted molar refractivity (Wildman–Crippen MR) is 60.1 cm³/mol. The number of rotatable bonds is 7. The van der Waals surface area contributed by atoms with Crippen molar-refractivity contribution < 1.29 is 9.47 Å². The van der Waals surface area contributed by atoms with Crippen LogP contribution in [0.4, 0.5) is 0 Å². The molecule has 0 aliphatic carbocycles. The minimum Gasteiger partial charge on any atom is -0.491 e. The molecule has 0 N–H and O–H groups in total. The zero-order chi connectivity index (χ0) is 11.0. The van der Waals surface area contributed by atoms with E-state index in [2.05, 4.69) is 27.0 Å². The first-order chi connectivity index (χ1) is 6.63. The molecule has 0 aliphatic rings. The van der Waals surface area contributed by atoms with Crippen LogP contribution in [0.5, 0.6) is 0 Å². The SMILES string of the molecule is C=C/C=C(/OCCOC)C(=C)C(C)C. The first-order valence-electron chi connectivity index (χ1n) is 4.77. The Morgan fingerprint density at radius 2 is 2.00 bits per heavy atom. The van der Waals surface area contributed by atoms with E-state index < -0.39 is 0 Å². The first kappa shape index (κ1) is 13.0.